The fourth-order valence-corrected chi connectivity index (χ4v) is 2.53. The maximum Gasteiger partial charge on any atom is 0.0576 e. The molecule has 16 heavy (non-hydrogen) atoms. The number of hydrogen-bond acceptors (Lipinski definition) is 2. The smallest absolute Gasteiger partial charge is 0.0576 e. The summed E-state index contributed by atoms with van der Waals surface area (Å²) in [6.45, 7) is 7.89. The van der Waals surface area contributed by atoms with Crippen molar-refractivity contribution >= 4 is 0 Å². The molecule has 1 heterocycles. The van der Waals surface area contributed by atoms with Gasteiger partial charge in [0.05, 0.1) is 6.10 Å². The van der Waals surface area contributed by atoms with E-state index in [0.29, 0.717) is 6.10 Å². The van der Waals surface area contributed by atoms with Crippen molar-refractivity contribution in [2.24, 2.45) is 5.92 Å². The molecule has 0 saturated carbocycles. The molecule has 0 bridgehead atoms. The Morgan fingerprint density at radius 1 is 1.25 bits per heavy atom. The average Bonchev–Trinajstić information content (AvgIpc) is 2.79. The summed E-state index contributed by atoms with van der Waals surface area (Å²) in [4.78, 5) is 0. The summed E-state index contributed by atoms with van der Waals surface area (Å²) in [6.07, 6.45) is 9.68. The number of hydrogen-bond donors (Lipinski definition) is 1. The second kappa shape index (κ2) is 9.00. The first-order chi connectivity index (χ1) is 7.86. The van der Waals surface area contributed by atoms with Crippen LogP contribution < -0.4 is 5.32 Å². The Hall–Kier alpha value is -0.0800. The molecule has 96 valence electrons. The number of nitrogens with one attached hydrogen (secondary N) is 1. The van der Waals surface area contributed by atoms with Gasteiger partial charge in [0, 0.05) is 6.61 Å². The van der Waals surface area contributed by atoms with Crippen LogP contribution in [0.3, 0.4) is 0 Å². The predicted molar refractivity (Wildman–Crippen MR) is 69.8 cm³/mol. The van der Waals surface area contributed by atoms with E-state index in [4.69, 9.17) is 4.74 Å². The lowest BCUT2D eigenvalue weighted by Crippen LogP contribution is -2.24. The van der Waals surface area contributed by atoms with Gasteiger partial charge >= 0.3 is 0 Å². The van der Waals surface area contributed by atoms with E-state index in [0.717, 1.165) is 12.5 Å². The van der Waals surface area contributed by atoms with Crippen LogP contribution in [-0.2, 0) is 4.74 Å². The lowest BCUT2D eigenvalue weighted by molar-refractivity contribution is 0.0975. The fraction of sp³-hybridized carbons (Fsp3) is 1.00. The van der Waals surface area contributed by atoms with Crippen molar-refractivity contribution in [1.82, 2.24) is 5.32 Å². The Morgan fingerprint density at radius 2 is 2.12 bits per heavy atom. The van der Waals surface area contributed by atoms with Crippen LogP contribution in [0.25, 0.3) is 0 Å². The highest BCUT2D eigenvalue weighted by Crippen LogP contribution is 2.21. The van der Waals surface area contributed by atoms with Crippen LogP contribution in [0.15, 0.2) is 0 Å². The summed E-state index contributed by atoms with van der Waals surface area (Å²) in [5, 5.41) is 3.55. The van der Waals surface area contributed by atoms with E-state index in [9.17, 15) is 0 Å². The van der Waals surface area contributed by atoms with Gasteiger partial charge in [-0.2, -0.15) is 0 Å². The molecule has 2 nitrogen and oxygen atoms in total. The molecule has 2 atom stereocenters. The van der Waals surface area contributed by atoms with Crippen LogP contribution in [0.2, 0.25) is 0 Å². The first-order valence-corrected chi connectivity index (χ1v) is 7.19. The van der Waals surface area contributed by atoms with Crippen molar-refractivity contribution in [3.05, 3.63) is 0 Å². The van der Waals surface area contributed by atoms with Gasteiger partial charge in [0.15, 0.2) is 0 Å². The second-order valence-corrected chi connectivity index (χ2v) is 5.07. The Bertz CT molecular complexity index is 155. The van der Waals surface area contributed by atoms with Gasteiger partial charge in [-0.1, -0.05) is 20.3 Å². The number of rotatable bonds is 9. The molecule has 0 aromatic carbocycles. The van der Waals surface area contributed by atoms with Gasteiger partial charge in [-0.15, -0.1) is 0 Å². The van der Waals surface area contributed by atoms with Gasteiger partial charge in [-0.3, -0.25) is 0 Å². The van der Waals surface area contributed by atoms with Crippen LogP contribution in [0.5, 0.6) is 0 Å². The standard InChI is InChI=1S/C14H29NO/c1-3-6-13(12-15-10-4-2)8-9-14-7-5-11-16-14/h13-15H,3-12H2,1-2H3. The van der Waals surface area contributed by atoms with Crippen LogP contribution in [-0.4, -0.2) is 25.8 Å². The molecule has 1 aliphatic rings. The molecule has 0 spiro atoms. The molecule has 0 amide bonds. The molecule has 1 saturated heterocycles. The molecular formula is C14H29NO. The van der Waals surface area contributed by atoms with E-state index in [1.54, 1.807) is 0 Å². The highest BCUT2D eigenvalue weighted by molar-refractivity contribution is 4.69. The molecule has 1 fully saturated rings. The zero-order chi connectivity index (χ0) is 11.6. The van der Waals surface area contributed by atoms with Gasteiger partial charge in [-0.05, 0) is 57.5 Å². The Kier molecular flexibility index (Phi) is 7.87. The third-order valence-corrected chi connectivity index (χ3v) is 3.48. The fourth-order valence-electron chi connectivity index (χ4n) is 2.53. The lowest BCUT2D eigenvalue weighted by atomic mass is 9.95. The zero-order valence-corrected chi connectivity index (χ0v) is 11.1. The monoisotopic (exact) mass is 227 g/mol. The summed E-state index contributed by atoms with van der Waals surface area (Å²) in [6, 6.07) is 0. The quantitative estimate of drug-likeness (QED) is 0.610. The highest BCUT2D eigenvalue weighted by Gasteiger charge is 2.17. The van der Waals surface area contributed by atoms with Gasteiger partial charge in [0.2, 0.25) is 0 Å². The lowest BCUT2D eigenvalue weighted by Gasteiger charge is -2.18. The van der Waals surface area contributed by atoms with E-state index in [2.05, 4.69) is 19.2 Å². The van der Waals surface area contributed by atoms with Crippen LogP contribution in [0.1, 0.15) is 58.8 Å². The van der Waals surface area contributed by atoms with Crippen molar-refractivity contribution < 1.29 is 4.74 Å². The third-order valence-electron chi connectivity index (χ3n) is 3.48. The summed E-state index contributed by atoms with van der Waals surface area (Å²) in [5.41, 5.74) is 0. The van der Waals surface area contributed by atoms with Crippen molar-refractivity contribution in [3.63, 3.8) is 0 Å². The number of ether oxygens (including phenoxy) is 1. The van der Waals surface area contributed by atoms with Gasteiger partial charge in [0.1, 0.15) is 0 Å². The van der Waals surface area contributed by atoms with E-state index in [1.165, 1.54) is 58.0 Å². The topological polar surface area (TPSA) is 21.3 Å². The summed E-state index contributed by atoms with van der Waals surface area (Å²) in [5.74, 6) is 0.862. The first-order valence-electron chi connectivity index (χ1n) is 7.19. The summed E-state index contributed by atoms with van der Waals surface area (Å²) in [7, 11) is 0. The molecule has 0 aromatic rings. The minimum Gasteiger partial charge on any atom is -0.378 e. The molecule has 1 N–H and O–H groups in total. The SMILES string of the molecule is CCCNCC(CCC)CCC1CCCO1. The Labute approximate surface area is 101 Å². The van der Waals surface area contributed by atoms with Crippen molar-refractivity contribution in [1.29, 1.82) is 0 Å². The van der Waals surface area contributed by atoms with Gasteiger partial charge in [-0.25, -0.2) is 0 Å². The van der Waals surface area contributed by atoms with E-state index in [-0.39, 0.29) is 0 Å². The maximum atomic E-state index is 5.69. The largest absolute Gasteiger partial charge is 0.378 e. The third kappa shape index (κ3) is 5.86. The van der Waals surface area contributed by atoms with Crippen molar-refractivity contribution in [2.45, 2.75) is 64.9 Å². The summed E-state index contributed by atoms with van der Waals surface area (Å²) < 4.78 is 5.69. The minimum atomic E-state index is 0.575. The van der Waals surface area contributed by atoms with E-state index in [1.807, 2.05) is 0 Å². The molecule has 2 heteroatoms. The Balaban J connectivity index is 2.10. The molecule has 0 radical (unpaired) electrons. The average molecular weight is 227 g/mol. The maximum absolute atomic E-state index is 5.69. The normalized spacial score (nSPS) is 22.5. The van der Waals surface area contributed by atoms with E-state index >= 15 is 0 Å². The predicted octanol–water partition coefficient (Wildman–Crippen LogP) is 3.36. The van der Waals surface area contributed by atoms with Crippen molar-refractivity contribution in [3.8, 4) is 0 Å². The van der Waals surface area contributed by atoms with Gasteiger partial charge < -0.3 is 10.1 Å². The zero-order valence-electron chi connectivity index (χ0n) is 11.1. The van der Waals surface area contributed by atoms with Crippen LogP contribution in [0.4, 0.5) is 0 Å². The van der Waals surface area contributed by atoms with Crippen molar-refractivity contribution in [2.75, 3.05) is 19.7 Å². The molecule has 0 aromatic heterocycles. The molecule has 2 unspecified atom stereocenters. The molecular weight excluding hydrogens is 198 g/mol. The van der Waals surface area contributed by atoms with Crippen LogP contribution >= 0.6 is 0 Å². The summed E-state index contributed by atoms with van der Waals surface area (Å²) >= 11 is 0. The second-order valence-electron chi connectivity index (χ2n) is 5.07. The highest BCUT2D eigenvalue weighted by atomic mass is 16.5. The molecule has 1 aliphatic heterocycles. The minimum absolute atomic E-state index is 0.575. The Morgan fingerprint density at radius 3 is 2.75 bits per heavy atom. The molecule has 0 aliphatic carbocycles. The van der Waals surface area contributed by atoms with Crippen LogP contribution in [0, 0.1) is 5.92 Å². The van der Waals surface area contributed by atoms with Gasteiger partial charge in [0.25, 0.3) is 0 Å². The first kappa shape index (κ1) is 14.0. The molecule has 1 rings (SSSR count). The van der Waals surface area contributed by atoms with E-state index < -0.39 is 0 Å².